The average Bonchev–Trinajstić information content (AvgIpc) is 3.32. The molecule has 0 saturated carbocycles. The molecular formula is C25H28N6O3. The molecule has 1 aliphatic heterocycles. The van der Waals surface area contributed by atoms with Crippen molar-refractivity contribution in [3.63, 3.8) is 0 Å². The highest BCUT2D eigenvalue weighted by molar-refractivity contribution is 5.93. The van der Waals surface area contributed by atoms with Crippen molar-refractivity contribution >= 4 is 11.6 Å². The second-order valence-electron chi connectivity index (χ2n) is 8.26. The Morgan fingerprint density at radius 3 is 2.76 bits per heavy atom. The molecule has 0 spiro atoms. The van der Waals surface area contributed by atoms with Gasteiger partial charge in [-0.1, -0.05) is 18.2 Å². The first-order valence-electron chi connectivity index (χ1n) is 11.4. The highest BCUT2D eigenvalue weighted by atomic mass is 16.5. The third-order valence-electron chi connectivity index (χ3n) is 5.86. The molecule has 0 aliphatic carbocycles. The van der Waals surface area contributed by atoms with Crippen molar-refractivity contribution in [2.75, 3.05) is 32.0 Å². The van der Waals surface area contributed by atoms with Gasteiger partial charge in [-0.25, -0.2) is 9.97 Å². The van der Waals surface area contributed by atoms with Crippen molar-refractivity contribution in [3.8, 4) is 23.4 Å². The Morgan fingerprint density at radius 1 is 1.29 bits per heavy atom. The van der Waals surface area contributed by atoms with Gasteiger partial charge in [0.25, 0.3) is 5.91 Å². The van der Waals surface area contributed by atoms with Gasteiger partial charge in [0.2, 0.25) is 11.8 Å². The van der Waals surface area contributed by atoms with Crippen LogP contribution in [0, 0.1) is 17.2 Å². The Kier molecular flexibility index (Phi) is 7.40. The van der Waals surface area contributed by atoms with Gasteiger partial charge in [0, 0.05) is 18.7 Å². The zero-order valence-corrected chi connectivity index (χ0v) is 19.2. The molecule has 0 radical (unpaired) electrons. The first kappa shape index (κ1) is 23.3. The molecule has 9 heteroatoms. The number of piperidine rings is 1. The van der Waals surface area contributed by atoms with E-state index in [2.05, 4.69) is 20.2 Å². The smallest absolute Gasteiger partial charge is 0.270 e. The lowest BCUT2D eigenvalue weighted by Crippen LogP contribution is -2.38. The summed E-state index contributed by atoms with van der Waals surface area (Å²) in [6.45, 7) is 5.25. The summed E-state index contributed by atoms with van der Waals surface area (Å²) in [4.78, 5) is 23.8. The number of nitriles is 1. The summed E-state index contributed by atoms with van der Waals surface area (Å²) in [7, 11) is 0. The molecule has 9 nitrogen and oxygen atoms in total. The van der Waals surface area contributed by atoms with Gasteiger partial charge in [-0.05, 0) is 57.0 Å². The van der Waals surface area contributed by atoms with Crippen LogP contribution in [0.15, 0.2) is 47.1 Å². The number of pyridine rings is 1. The number of benzene rings is 1. The molecule has 176 valence electrons. The number of nitrogens with zero attached hydrogens (tertiary/aromatic N) is 4. The maximum absolute atomic E-state index is 12.6. The maximum Gasteiger partial charge on any atom is 0.270 e. The van der Waals surface area contributed by atoms with Gasteiger partial charge in [0.1, 0.15) is 23.6 Å². The lowest BCUT2D eigenvalue weighted by molar-refractivity contribution is 0.0929. The van der Waals surface area contributed by atoms with Gasteiger partial charge in [-0.2, -0.15) is 5.26 Å². The Morgan fingerprint density at radius 2 is 2.06 bits per heavy atom. The van der Waals surface area contributed by atoms with Gasteiger partial charge in [0.05, 0.1) is 18.0 Å². The molecule has 0 unspecified atom stereocenters. The van der Waals surface area contributed by atoms with Crippen LogP contribution >= 0.6 is 0 Å². The first-order valence-corrected chi connectivity index (χ1v) is 11.4. The maximum atomic E-state index is 12.6. The number of aromatic nitrogens is 2. The van der Waals surface area contributed by atoms with E-state index < -0.39 is 0 Å². The van der Waals surface area contributed by atoms with Gasteiger partial charge in [0.15, 0.2) is 0 Å². The minimum Gasteiger partial charge on any atom is -0.477 e. The second kappa shape index (κ2) is 10.8. The topological polar surface area (TPSA) is 130 Å². The molecule has 0 atom stereocenters. The molecule has 1 amide bonds. The van der Waals surface area contributed by atoms with E-state index in [1.807, 2.05) is 36.4 Å². The minimum absolute atomic E-state index is 0.0896. The summed E-state index contributed by atoms with van der Waals surface area (Å²) >= 11 is 0. The molecule has 1 saturated heterocycles. The van der Waals surface area contributed by atoms with Crippen molar-refractivity contribution in [3.05, 3.63) is 59.6 Å². The standard InChI is InChI=1S/C25H28N6O3/c1-2-33-25-20(13-26)21(27)12-22(30-25)23(32)28-14-17-8-10-31(11-9-17)15-19-16-34-24(29-19)18-6-4-3-5-7-18/h3-7,12,16-17H,2,8-11,14-15H2,1H3,(H2,27,30)(H,28,32). The zero-order chi connectivity index (χ0) is 23.9. The summed E-state index contributed by atoms with van der Waals surface area (Å²) in [5.74, 6) is 0.777. The van der Waals surface area contributed by atoms with Crippen LogP contribution in [0.2, 0.25) is 0 Å². The van der Waals surface area contributed by atoms with Crippen molar-refractivity contribution in [2.45, 2.75) is 26.3 Å². The normalized spacial score (nSPS) is 14.5. The summed E-state index contributed by atoms with van der Waals surface area (Å²) in [5, 5.41) is 12.2. The molecule has 4 rings (SSSR count). The quantitative estimate of drug-likeness (QED) is 0.524. The summed E-state index contributed by atoms with van der Waals surface area (Å²) < 4.78 is 11.0. The van der Waals surface area contributed by atoms with Crippen LogP contribution in [0.3, 0.4) is 0 Å². The van der Waals surface area contributed by atoms with Crippen molar-refractivity contribution in [1.82, 2.24) is 20.2 Å². The molecule has 0 bridgehead atoms. The molecule has 1 fully saturated rings. The number of likely N-dealkylation sites (tertiary alicyclic amines) is 1. The molecule has 3 N–H and O–H groups in total. The summed E-state index contributed by atoms with van der Waals surface area (Å²) in [5.41, 5.74) is 8.28. The van der Waals surface area contributed by atoms with Gasteiger partial charge < -0.3 is 20.2 Å². The predicted molar refractivity (Wildman–Crippen MR) is 127 cm³/mol. The Bertz CT molecular complexity index is 1160. The first-order chi connectivity index (χ1) is 16.6. The van der Waals surface area contributed by atoms with E-state index in [1.165, 1.54) is 6.07 Å². The van der Waals surface area contributed by atoms with Crippen LogP contribution in [0.4, 0.5) is 5.69 Å². The van der Waals surface area contributed by atoms with Crippen molar-refractivity contribution in [1.29, 1.82) is 5.26 Å². The van der Waals surface area contributed by atoms with Gasteiger partial charge >= 0.3 is 0 Å². The van der Waals surface area contributed by atoms with Crippen molar-refractivity contribution in [2.24, 2.45) is 5.92 Å². The molecule has 3 aromatic rings. The third kappa shape index (κ3) is 5.53. The predicted octanol–water partition coefficient (Wildman–Crippen LogP) is 3.23. The van der Waals surface area contributed by atoms with Crippen LogP contribution in [0.1, 0.15) is 41.5 Å². The van der Waals surface area contributed by atoms with E-state index in [9.17, 15) is 10.1 Å². The highest BCUT2D eigenvalue weighted by Gasteiger charge is 2.22. The lowest BCUT2D eigenvalue weighted by Gasteiger charge is -2.31. The van der Waals surface area contributed by atoms with Crippen LogP contribution in [0.5, 0.6) is 5.88 Å². The Balaban J connectivity index is 1.26. The largest absolute Gasteiger partial charge is 0.477 e. The Hall–Kier alpha value is -3.90. The number of amides is 1. The van der Waals surface area contributed by atoms with E-state index >= 15 is 0 Å². The van der Waals surface area contributed by atoms with Gasteiger partial charge in [-0.15, -0.1) is 0 Å². The van der Waals surface area contributed by atoms with E-state index in [0.717, 1.165) is 43.7 Å². The highest BCUT2D eigenvalue weighted by Crippen LogP contribution is 2.24. The van der Waals surface area contributed by atoms with Crippen LogP contribution in [0.25, 0.3) is 11.5 Å². The third-order valence-corrected chi connectivity index (χ3v) is 5.86. The van der Waals surface area contributed by atoms with Crippen molar-refractivity contribution < 1.29 is 13.9 Å². The number of rotatable bonds is 8. The average molecular weight is 461 g/mol. The number of nitrogen functional groups attached to an aromatic ring is 1. The number of ether oxygens (including phenoxy) is 1. The second-order valence-corrected chi connectivity index (χ2v) is 8.26. The van der Waals surface area contributed by atoms with E-state index in [1.54, 1.807) is 13.2 Å². The number of carbonyl (C=O) groups excluding carboxylic acids is 1. The summed E-state index contributed by atoms with van der Waals surface area (Å²) in [6.07, 6.45) is 3.66. The number of oxazole rings is 1. The molecule has 1 aromatic carbocycles. The molecule has 34 heavy (non-hydrogen) atoms. The van der Waals surface area contributed by atoms with E-state index in [0.29, 0.717) is 25.0 Å². The number of hydrogen-bond donors (Lipinski definition) is 2. The number of anilines is 1. The van der Waals surface area contributed by atoms with E-state index in [-0.39, 0.29) is 28.7 Å². The fourth-order valence-electron chi connectivity index (χ4n) is 4.01. The minimum atomic E-state index is -0.324. The van der Waals surface area contributed by atoms with Crippen LogP contribution in [-0.2, 0) is 6.54 Å². The number of hydrogen-bond acceptors (Lipinski definition) is 8. The zero-order valence-electron chi connectivity index (χ0n) is 19.2. The van der Waals surface area contributed by atoms with Gasteiger partial charge in [-0.3, -0.25) is 9.69 Å². The number of carbonyl (C=O) groups is 1. The molecule has 2 aromatic heterocycles. The number of nitrogens with one attached hydrogen (secondary N) is 1. The summed E-state index contributed by atoms with van der Waals surface area (Å²) in [6, 6.07) is 13.2. The fraction of sp³-hybridized carbons (Fsp3) is 0.360. The number of nitrogens with two attached hydrogens (primary N) is 1. The fourth-order valence-corrected chi connectivity index (χ4v) is 4.01. The monoisotopic (exact) mass is 460 g/mol. The molecule has 3 heterocycles. The lowest BCUT2D eigenvalue weighted by atomic mass is 9.96. The SMILES string of the molecule is CCOc1nc(C(=O)NCC2CCN(Cc3coc(-c4ccccc4)n3)CC2)cc(N)c1C#N. The van der Waals surface area contributed by atoms with Crippen LogP contribution in [-0.4, -0.2) is 47.0 Å². The molecular weight excluding hydrogens is 432 g/mol. The Labute approximate surface area is 198 Å². The molecule has 1 aliphatic rings. The van der Waals surface area contributed by atoms with E-state index in [4.69, 9.17) is 14.9 Å². The van der Waals surface area contributed by atoms with Crippen LogP contribution < -0.4 is 15.8 Å².